The maximum Gasteiger partial charge on any atom is 0.270 e. The standard InChI is InChI=1S/C22H23F3N4O/c1-13(8-9-23)29-12-18-19(11-20(29)30)27-15(3)28-21(18)26-14(2)16-6-5-7-17(10-16)22(4,24)25/h5-7,10-12,14H,1,8-9H2,2-4H3,(H,26,27,28)/t14-/m1/s1. The molecule has 0 amide bonds. The minimum Gasteiger partial charge on any atom is -0.363 e. The van der Waals surface area contributed by atoms with E-state index in [-0.39, 0.29) is 23.6 Å². The number of rotatable bonds is 7. The molecule has 0 aliphatic rings. The maximum atomic E-state index is 13.7. The summed E-state index contributed by atoms with van der Waals surface area (Å²) in [6.07, 6.45) is 1.55. The fraction of sp³-hybridized carbons (Fsp3) is 0.318. The highest BCUT2D eigenvalue weighted by atomic mass is 19.3. The van der Waals surface area contributed by atoms with E-state index in [1.165, 1.54) is 29.0 Å². The molecule has 0 aliphatic heterocycles. The lowest BCUT2D eigenvalue weighted by molar-refractivity contribution is 0.0174. The Labute approximate surface area is 172 Å². The van der Waals surface area contributed by atoms with Crippen molar-refractivity contribution in [3.05, 3.63) is 70.4 Å². The predicted octanol–water partition coefficient (Wildman–Crippen LogP) is 5.22. The summed E-state index contributed by atoms with van der Waals surface area (Å²) in [5.74, 6) is -2.05. The Bertz CT molecular complexity index is 1150. The molecule has 1 aromatic carbocycles. The van der Waals surface area contributed by atoms with E-state index in [0.29, 0.717) is 33.8 Å². The molecule has 2 heterocycles. The van der Waals surface area contributed by atoms with Crippen LogP contribution in [0.3, 0.4) is 0 Å². The van der Waals surface area contributed by atoms with Crippen LogP contribution in [0.4, 0.5) is 19.0 Å². The van der Waals surface area contributed by atoms with Gasteiger partial charge in [-0.2, -0.15) is 0 Å². The summed E-state index contributed by atoms with van der Waals surface area (Å²) < 4.78 is 41.4. The van der Waals surface area contributed by atoms with Crippen molar-refractivity contribution >= 4 is 22.4 Å². The minimum atomic E-state index is -2.94. The number of nitrogens with zero attached hydrogens (tertiary/aromatic N) is 3. The lowest BCUT2D eigenvalue weighted by Crippen LogP contribution is -2.19. The van der Waals surface area contributed by atoms with Gasteiger partial charge < -0.3 is 5.32 Å². The van der Waals surface area contributed by atoms with Gasteiger partial charge in [-0.3, -0.25) is 13.8 Å². The number of nitrogens with one attached hydrogen (secondary N) is 1. The van der Waals surface area contributed by atoms with Crippen LogP contribution in [0.2, 0.25) is 0 Å². The third kappa shape index (κ3) is 4.53. The van der Waals surface area contributed by atoms with Crippen molar-refractivity contribution in [1.29, 1.82) is 0 Å². The molecule has 8 heteroatoms. The van der Waals surface area contributed by atoms with Crippen LogP contribution in [-0.4, -0.2) is 21.2 Å². The van der Waals surface area contributed by atoms with Gasteiger partial charge in [0, 0.05) is 42.9 Å². The molecule has 2 aromatic heterocycles. The Balaban J connectivity index is 2.04. The summed E-state index contributed by atoms with van der Waals surface area (Å²) in [5, 5.41) is 3.77. The van der Waals surface area contributed by atoms with Crippen LogP contribution in [0, 0.1) is 6.92 Å². The molecule has 30 heavy (non-hydrogen) atoms. The van der Waals surface area contributed by atoms with Crippen LogP contribution < -0.4 is 10.9 Å². The summed E-state index contributed by atoms with van der Waals surface area (Å²) in [7, 11) is 0. The number of benzene rings is 1. The second kappa shape index (κ2) is 8.30. The number of anilines is 1. The first kappa shape index (κ1) is 21.5. The first-order chi connectivity index (χ1) is 14.1. The average Bonchev–Trinajstić information content (AvgIpc) is 2.66. The van der Waals surface area contributed by atoms with Crippen LogP contribution in [-0.2, 0) is 5.92 Å². The largest absolute Gasteiger partial charge is 0.363 e. The lowest BCUT2D eigenvalue weighted by Gasteiger charge is -2.19. The van der Waals surface area contributed by atoms with Crippen molar-refractivity contribution in [1.82, 2.24) is 14.5 Å². The first-order valence-electron chi connectivity index (χ1n) is 9.50. The number of pyridine rings is 1. The average molecular weight is 416 g/mol. The van der Waals surface area contributed by atoms with Gasteiger partial charge >= 0.3 is 0 Å². The van der Waals surface area contributed by atoms with Gasteiger partial charge in [-0.1, -0.05) is 24.8 Å². The van der Waals surface area contributed by atoms with Crippen molar-refractivity contribution in [3.8, 4) is 0 Å². The highest BCUT2D eigenvalue weighted by Gasteiger charge is 2.25. The van der Waals surface area contributed by atoms with E-state index in [1.54, 1.807) is 19.1 Å². The normalized spacial score (nSPS) is 12.7. The zero-order chi connectivity index (χ0) is 22.1. The molecule has 1 N–H and O–H groups in total. The Morgan fingerprint density at radius 3 is 2.70 bits per heavy atom. The molecular weight excluding hydrogens is 393 g/mol. The third-order valence-electron chi connectivity index (χ3n) is 4.81. The van der Waals surface area contributed by atoms with Crippen molar-refractivity contribution in [2.75, 3.05) is 12.0 Å². The number of aromatic nitrogens is 3. The van der Waals surface area contributed by atoms with Gasteiger partial charge in [-0.25, -0.2) is 18.7 Å². The number of hydrogen-bond acceptors (Lipinski definition) is 4. The summed E-state index contributed by atoms with van der Waals surface area (Å²) >= 11 is 0. The van der Waals surface area contributed by atoms with Crippen LogP contribution >= 0.6 is 0 Å². The minimum absolute atomic E-state index is 0.0231. The van der Waals surface area contributed by atoms with E-state index in [2.05, 4.69) is 21.9 Å². The Morgan fingerprint density at radius 2 is 2.03 bits per heavy atom. The summed E-state index contributed by atoms with van der Waals surface area (Å²) in [6, 6.07) is 7.17. The van der Waals surface area contributed by atoms with Gasteiger partial charge in [-0.05, 0) is 25.5 Å². The van der Waals surface area contributed by atoms with E-state index in [9.17, 15) is 18.0 Å². The van der Waals surface area contributed by atoms with E-state index in [4.69, 9.17) is 0 Å². The SMILES string of the molecule is C=C(CCF)n1cc2c(N[C@H](C)c3cccc(C(C)(F)F)c3)nc(C)nc2cc1=O. The van der Waals surface area contributed by atoms with E-state index in [0.717, 1.165) is 6.92 Å². The second-order valence-electron chi connectivity index (χ2n) is 7.29. The molecule has 3 aromatic rings. The fourth-order valence-corrected chi connectivity index (χ4v) is 3.18. The summed E-state index contributed by atoms with van der Waals surface area (Å²) in [5.41, 5.74) is 0.973. The van der Waals surface area contributed by atoms with Crippen LogP contribution in [0.15, 0.2) is 47.9 Å². The molecule has 0 radical (unpaired) electrons. The topological polar surface area (TPSA) is 59.8 Å². The van der Waals surface area contributed by atoms with E-state index >= 15 is 0 Å². The smallest absolute Gasteiger partial charge is 0.270 e. The van der Waals surface area contributed by atoms with Crippen molar-refractivity contribution in [3.63, 3.8) is 0 Å². The maximum absolute atomic E-state index is 13.7. The van der Waals surface area contributed by atoms with Gasteiger partial charge in [0.25, 0.3) is 11.5 Å². The monoisotopic (exact) mass is 416 g/mol. The van der Waals surface area contributed by atoms with Gasteiger partial charge in [0.1, 0.15) is 11.6 Å². The quantitative estimate of drug-likeness (QED) is 0.574. The predicted molar refractivity (Wildman–Crippen MR) is 113 cm³/mol. The number of hydrogen-bond donors (Lipinski definition) is 1. The molecule has 158 valence electrons. The molecule has 5 nitrogen and oxygen atoms in total. The molecule has 0 bridgehead atoms. The van der Waals surface area contributed by atoms with Crippen molar-refractivity contribution in [2.24, 2.45) is 0 Å². The third-order valence-corrected chi connectivity index (χ3v) is 4.81. The Kier molecular flexibility index (Phi) is 5.96. The van der Waals surface area contributed by atoms with E-state index < -0.39 is 12.6 Å². The Morgan fingerprint density at radius 1 is 1.30 bits per heavy atom. The molecule has 0 aliphatic carbocycles. The molecule has 0 saturated carbocycles. The van der Waals surface area contributed by atoms with Gasteiger partial charge in [-0.15, -0.1) is 0 Å². The van der Waals surface area contributed by atoms with Crippen molar-refractivity contribution in [2.45, 2.75) is 39.2 Å². The molecule has 0 spiro atoms. The molecule has 1 atom stereocenters. The fourth-order valence-electron chi connectivity index (χ4n) is 3.18. The van der Waals surface area contributed by atoms with Crippen LogP contribution in [0.1, 0.15) is 43.3 Å². The lowest BCUT2D eigenvalue weighted by atomic mass is 10.0. The molecular formula is C22H23F3N4O. The number of aryl methyl sites for hydroxylation is 1. The second-order valence-corrected chi connectivity index (χ2v) is 7.29. The van der Waals surface area contributed by atoms with Gasteiger partial charge in [0.05, 0.1) is 17.6 Å². The first-order valence-corrected chi connectivity index (χ1v) is 9.50. The molecule has 3 rings (SSSR count). The molecule has 0 saturated heterocycles. The van der Waals surface area contributed by atoms with Gasteiger partial charge in [0.15, 0.2) is 0 Å². The number of fused-ring (bicyclic) bond motifs is 1. The van der Waals surface area contributed by atoms with Crippen molar-refractivity contribution < 1.29 is 13.2 Å². The zero-order valence-corrected chi connectivity index (χ0v) is 17.0. The highest BCUT2D eigenvalue weighted by Crippen LogP contribution is 2.30. The van der Waals surface area contributed by atoms with Gasteiger partial charge in [0.2, 0.25) is 0 Å². The van der Waals surface area contributed by atoms with Crippen LogP contribution in [0.25, 0.3) is 16.6 Å². The summed E-state index contributed by atoms with van der Waals surface area (Å²) in [6.45, 7) is 7.51. The number of halogens is 3. The number of alkyl halides is 3. The highest BCUT2D eigenvalue weighted by molar-refractivity contribution is 5.89. The molecule has 0 unspecified atom stereocenters. The van der Waals surface area contributed by atoms with E-state index in [1.807, 2.05) is 6.92 Å². The number of allylic oxidation sites excluding steroid dienone is 1. The Hall–Kier alpha value is -3.16. The molecule has 0 fully saturated rings. The van der Waals surface area contributed by atoms with Crippen LogP contribution in [0.5, 0.6) is 0 Å². The zero-order valence-electron chi connectivity index (χ0n) is 17.0. The summed E-state index contributed by atoms with van der Waals surface area (Å²) in [4.78, 5) is 21.1.